The molecule has 2 N–H and O–H groups in total. The first kappa shape index (κ1) is 10.2. The lowest BCUT2D eigenvalue weighted by Gasteiger charge is -2.18. The quantitative estimate of drug-likeness (QED) is 0.775. The van der Waals surface area contributed by atoms with Crippen LogP contribution < -0.4 is 10.6 Å². The Morgan fingerprint density at radius 1 is 1.40 bits per heavy atom. The SMILES string of the molecule is NC(=O)c1ccc(Cl)nc1N1CCCC1. The third-order valence-corrected chi connectivity index (χ3v) is 2.72. The Balaban J connectivity index is 2.41. The number of anilines is 1. The smallest absolute Gasteiger partial charge is 0.252 e. The van der Waals surface area contributed by atoms with Gasteiger partial charge < -0.3 is 10.6 Å². The van der Waals surface area contributed by atoms with Crippen molar-refractivity contribution in [2.75, 3.05) is 18.0 Å². The van der Waals surface area contributed by atoms with Crippen molar-refractivity contribution in [3.8, 4) is 0 Å². The zero-order chi connectivity index (χ0) is 10.8. The van der Waals surface area contributed by atoms with Crippen molar-refractivity contribution in [3.05, 3.63) is 22.8 Å². The molecular weight excluding hydrogens is 214 g/mol. The van der Waals surface area contributed by atoms with Crippen molar-refractivity contribution in [3.63, 3.8) is 0 Å². The maximum atomic E-state index is 11.2. The molecule has 0 bridgehead atoms. The molecule has 2 rings (SSSR count). The number of rotatable bonds is 2. The molecule has 0 unspecified atom stereocenters. The number of primary amides is 1. The summed E-state index contributed by atoms with van der Waals surface area (Å²) < 4.78 is 0. The molecule has 0 atom stereocenters. The van der Waals surface area contributed by atoms with Gasteiger partial charge in [-0.1, -0.05) is 11.6 Å². The maximum Gasteiger partial charge on any atom is 0.252 e. The van der Waals surface area contributed by atoms with Crippen LogP contribution in [0.2, 0.25) is 5.15 Å². The first-order valence-electron chi connectivity index (χ1n) is 4.90. The Morgan fingerprint density at radius 3 is 2.67 bits per heavy atom. The van der Waals surface area contributed by atoms with E-state index in [-0.39, 0.29) is 0 Å². The molecule has 1 saturated heterocycles. The summed E-state index contributed by atoms with van der Waals surface area (Å²) in [7, 11) is 0. The molecule has 0 saturated carbocycles. The Morgan fingerprint density at radius 2 is 2.07 bits per heavy atom. The number of carbonyl (C=O) groups excluding carboxylic acids is 1. The van der Waals surface area contributed by atoms with Crippen molar-refractivity contribution in [2.45, 2.75) is 12.8 Å². The van der Waals surface area contributed by atoms with Crippen LogP contribution in [-0.4, -0.2) is 24.0 Å². The minimum Gasteiger partial charge on any atom is -0.365 e. The number of hydrogen-bond donors (Lipinski definition) is 1. The predicted octanol–water partition coefficient (Wildman–Crippen LogP) is 1.43. The Kier molecular flexibility index (Phi) is 2.77. The molecule has 5 heteroatoms. The molecule has 1 aromatic heterocycles. The summed E-state index contributed by atoms with van der Waals surface area (Å²) in [5, 5.41) is 0.391. The average Bonchev–Trinajstić information content (AvgIpc) is 2.69. The van der Waals surface area contributed by atoms with Crippen LogP contribution in [0.4, 0.5) is 5.82 Å². The summed E-state index contributed by atoms with van der Waals surface area (Å²) in [5.74, 6) is 0.161. The lowest BCUT2D eigenvalue weighted by Crippen LogP contribution is -2.24. The summed E-state index contributed by atoms with van der Waals surface area (Å²) in [6.07, 6.45) is 2.23. The third kappa shape index (κ3) is 2.04. The number of pyridine rings is 1. The molecule has 1 fully saturated rings. The molecule has 15 heavy (non-hydrogen) atoms. The average molecular weight is 226 g/mol. The van der Waals surface area contributed by atoms with Crippen LogP contribution in [0.15, 0.2) is 12.1 Å². The normalized spacial score (nSPS) is 15.7. The van der Waals surface area contributed by atoms with Gasteiger partial charge in [-0.2, -0.15) is 0 Å². The number of halogens is 1. The van der Waals surface area contributed by atoms with Gasteiger partial charge in [-0.15, -0.1) is 0 Å². The van der Waals surface area contributed by atoms with Gasteiger partial charge in [0.1, 0.15) is 11.0 Å². The predicted molar refractivity (Wildman–Crippen MR) is 59.2 cm³/mol. The second-order valence-electron chi connectivity index (χ2n) is 3.56. The van der Waals surface area contributed by atoms with Crippen LogP contribution in [0.1, 0.15) is 23.2 Å². The molecule has 80 valence electrons. The van der Waals surface area contributed by atoms with Crippen molar-refractivity contribution in [1.29, 1.82) is 0 Å². The summed E-state index contributed by atoms with van der Waals surface area (Å²) in [4.78, 5) is 17.4. The number of aromatic nitrogens is 1. The highest BCUT2D eigenvalue weighted by Gasteiger charge is 2.19. The molecule has 0 spiro atoms. The fraction of sp³-hybridized carbons (Fsp3) is 0.400. The summed E-state index contributed by atoms with van der Waals surface area (Å²) in [6, 6.07) is 3.21. The van der Waals surface area contributed by atoms with Crippen molar-refractivity contribution in [1.82, 2.24) is 4.98 Å². The van der Waals surface area contributed by atoms with Gasteiger partial charge >= 0.3 is 0 Å². The number of amides is 1. The molecule has 1 aromatic rings. The van der Waals surface area contributed by atoms with E-state index in [4.69, 9.17) is 17.3 Å². The molecule has 4 nitrogen and oxygen atoms in total. The van der Waals surface area contributed by atoms with Gasteiger partial charge in [0.25, 0.3) is 5.91 Å². The van der Waals surface area contributed by atoms with Crippen LogP contribution in [0.5, 0.6) is 0 Å². The molecule has 2 heterocycles. The van der Waals surface area contributed by atoms with E-state index < -0.39 is 5.91 Å². The molecule has 0 aromatic carbocycles. The van der Waals surface area contributed by atoms with Gasteiger partial charge in [0.05, 0.1) is 5.56 Å². The van der Waals surface area contributed by atoms with E-state index in [1.807, 2.05) is 4.90 Å². The number of carbonyl (C=O) groups is 1. The molecule has 1 aliphatic heterocycles. The highest BCUT2D eigenvalue weighted by molar-refractivity contribution is 6.29. The van der Waals surface area contributed by atoms with Crippen LogP contribution in [0.25, 0.3) is 0 Å². The Hall–Kier alpha value is -1.29. The molecular formula is C10H12ClN3O. The summed E-state index contributed by atoms with van der Waals surface area (Å²) in [6.45, 7) is 1.82. The Bertz CT molecular complexity index is 388. The van der Waals surface area contributed by atoms with E-state index >= 15 is 0 Å². The molecule has 1 amide bonds. The van der Waals surface area contributed by atoms with Crippen LogP contribution in [0, 0.1) is 0 Å². The monoisotopic (exact) mass is 225 g/mol. The van der Waals surface area contributed by atoms with Gasteiger partial charge in [0.2, 0.25) is 0 Å². The second kappa shape index (κ2) is 4.06. The van der Waals surface area contributed by atoms with E-state index in [1.54, 1.807) is 12.1 Å². The molecule has 1 aliphatic rings. The van der Waals surface area contributed by atoms with Crippen LogP contribution in [-0.2, 0) is 0 Å². The minimum absolute atomic E-state index is 0.391. The standard InChI is InChI=1S/C10H12ClN3O/c11-8-4-3-7(9(12)15)10(13-8)14-5-1-2-6-14/h3-4H,1-2,5-6H2,(H2,12,15). The second-order valence-corrected chi connectivity index (χ2v) is 3.95. The topological polar surface area (TPSA) is 59.2 Å². The van der Waals surface area contributed by atoms with Gasteiger partial charge in [-0.05, 0) is 25.0 Å². The fourth-order valence-corrected chi connectivity index (χ4v) is 1.93. The first-order chi connectivity index (χ1) is 7.18. The highest BCUT2D eigenvalue weighted by Crippen LogP contribution is 2.23. The lowest BCUT2D eigenvalue weighted by atomic mass is 10.2. The van der Waals surface area contributed by atoms with E-state index in [0.717, 1.165) is 25.9 Å². The highest BCUT2D eigenvalue weighted by atomic mass is 35.5. The summed E-state index contributed by atoms with van der Waals surface area (Å²) >= 11 is 5.81. The lowest BCUT2D eigenvalue weighted by molar-refractivity contribution is 0.100. The number of nitrogens with zero attached hydrogens (tertiary/aromatic N) is 2. The fourth-order valence-electron chi connectivity index (χ4n) is 1.79. The Labute approximate surface area is 93.0 Å². The van der Waals surface area contributed by atoms with Crippen molar-refractivity contribution < 1.29 is 4.79 Å². The maximum absolute atomic E-state index is 11.2. The van der Waals surface area contributed by atoms with Gasteiger partial charge in [-0.25, -0.2) is 4.98 Å². The molecule has 0 aliphatic carbocycles. The number of hydrogen-bond acceptors (Lipinski definition) is 3. The van der Waals surface area contributed by atoms with Crippen LogP contribution >= 0.6 is 11.6 Å². The number of nitrogens with two attached hydrogens (primary N) is 1. The van der Waals surface area contributed by atoms with E-state index in [2.05, 4.69) is 4.98 Å². The molecule has 0 radical (unpaired) electrons. The minimum atomic E-state index is -0.457. The van der Waals surface area contributed by atoms with E-state index in [1.165, 1.54) is 0 Å². The summed E-state index contributed by atoms with van der Waals surface area (Å²) in [5.41, 5.74) is 5.73. The van der Waals surface area contributed by atoms with Gasteiger partial charge in [0.15, 0.2) is 0 Å². The van der Waals surface area contributed by atoms with Crippen molar-refractivity contribution >= 4 is 23.3 Å². The van der Waals surface area contributed by atoms with Crippen molar-refractivity contribution in [2.24, 2.45) is 5.73 Å². The first-order valence-corrected chi connectivity index (χ1v) is 5.27. The van der Waals surface area contributed by atoms with Gasteiger partial charge in [-0.3, -0.25) is 4.79 Å². The zero-order valence-electron chi connectivity index (χ0n) is 8.24. The van der Waals surface area contributed by atoms with E-state index in [0.29, 0.717) is 16.5 Å². The van der Waals surface area contributed by atoms with Gasteiger partial charge in [0, 0.05) is 13.1 Å². The third-order valence-electron chi connectivity index (χ3n) is 2.51. The largest absolute Gasteiger partial charge is 0.365 e. The zero-order valence-corrected chi connectivity index (χ0v) is 9.00. The van der Waals surface area contributed by atoms with E-state index in [9.17, 15) is 4.79 Å². The van der Waals surface area contributed by atoms with Crippen LogP contribution in [0.3, 0.4) is 0 Å².